The zero-order chi connectivity index (χ0) is 19.1. The number of aryl methyl sites for hydroxylation is 2. The van der Waals surface area contributed by atoms with Crippen LogP contribution in [0.25, 0.3) is 0 Å². The molecule has 0 spiro atoms. The summed E-state index contributed by atoms with van der Waals surface area (Å²) in [6.07, 6.45) is 0.453. The van der Waals surface area contributed by atoms with Gasteiger partial charge in [0.2, 0.25) is 5.91 Å². The molecular formula is C21H27ClN2O2. The second-order valence-electron chi connectivity index (χ2n) is 6.62. The van der Waals surface area contributed by atoms with Gasteiger partial charge in [-0.2, -0.15) is 0 Å². The summed E-state index contributed by atoms with van der Waals surface area (Å²) >= 11 is 6.10. The normalized spacial score (nSPS) is 10.8. The van der Waals surface area contributed by atoms with Gasteiger partial charge in [-0.25, -0.2) is 0 Å². The van der Waals surface area contributed by atoms with Crippen LogP contribution in [0.2, 0.25) is 5.02 Å². The number of ether oxygens (including phenoxy) is 1. The van der Waals surface area contributed by atoms with E-state index in [0.29, 0.717) is 24.5 Å². The van der Waals surface area contributed by atoms with E-state index in [4.69, 9.17) is 16.3 Å². The van der Waals surface area contributed by atoms with Crippen molar-refractivity contribution in [2.45, 2.75) is 33.4 Å². The van der Waals surface area contributed by atoms with E-state index >= 15 is 0 Å². The van der Waals surface area contributed by atoms with Gasteiger partial charge in [-0.3, -0.25) is 4.79 Å². The van der Waals surface area contributed by atoms with E-state index in [2.05, 4.69) is 36.2 Å². The molecule has 0 aliphatic heterocycles. The molecule has 0 aromatic heterocycles. The Morgan fingerprint density at radius 2 is 1.85 bits per heavy atom. The number of nitrogens with zero attached hydrogens (tertiary/aromatic N) is 1. The van der Waals surface area contributed by atoms with Gasteiger partial charge in [-0.1, -0.05) is 41.9 Å². The molecule has 1 amide bonds. The van der Waals surface area contributed by atoms with Crippen molar-refractivity contribution in [1.29, 1.82) is 0 Å². The highest BCUT2D eigenvalue weighted by Crippen LogP contribution is 2.24. The molecule has 2 aromatic rings. The second-order valence-corrected chi connectivity index (χ2v) is 7.03. The standard InChI is InChI=1S/C21H27ClN2O2/c1-15-11-17(12-16(2)21(15)26-4)14-24(3)10-9-20(25)23-13-18-7-5-6-8-19(18)22/h5-8,11-12H,9-10,13-14H2,1-4H3,(H,23,25). The van der Waals surface area contributed by atoms with Gasteiger partial charge in [0.15, 0.2) is 0 Å². The Balaban J connectivity index is 1.80. The number of halogens is 1. The van der Waals surface area contributed by atoms with Crippen LogP contribution in [0.1, 0.15) is 28.7 Å². The summed E-state index contributed by atoms with van der Waals surface area (Å²) in [5.41, 5.74) is 4.42. The molecule has 0 aliphatic rings. The maximum atomic E-state index is 12.1. The summed E-state index contributed by atoms with van der Waals surface area (Å²) in [7, 11) is 3.72. The molecule has 1 N–H and O–H groups in total. The number of hydrogen-bond acceptors (Lipinski definition) is 3. The molecule has 140 valence electrons. The molecule has 0 radical (unpaired) electrons. The van der Waals surface area contributed by atoms with Crippen molar-refractivity contribution in [3.63, 3.8) is 0 Å². The van der Waals surface area contributed by atoms with Crippen molar-refractivity contribution >= 4 is 17.5 Å². The molecule has 26 heavy (non-hydrogen) atoms. The van der Waals surface area contributed by atoms with E-state index in [-0.39, 0.29) is 5.91 Å². The number of rotatable bonds is 8. The third-order valence-corrected chi connectivity index (χ3v) is 4.70. The van der Waals surface area contributed by atoms with Crippen molar-refractivity contribution in [2.75, 3.05) is 20.7 Å². The number of hydrogen-bond donors (Lipinski definition) is 1. The first-order valence-corrected chi connectivity index (χ1v) is 9.11. The Labute approximate surface area is 161 Å². The summed E-state index contributed by atoms with van der Waals surface area (Å²) in [5.74, 6) is 0.967. The minimum absolute atomic E-state index is 0.0267. The fraction of sp³-hybridized carbons (Fsp3) is 0.381. The highest BCUT2D eigenvalue weighted by molar-refractivity contribution is 6.31. The van der Waals surface area contributed by atoms with Gasteiger partial charge in [-0.15, -0.1) is 0 Å². The fourth-order valence-corrected chi connectivity index (χ4v) is 3.26. The molecule has 0 atom stereocenters. The predicted molar refractivity (Wildman–Crippen MR) is 107 cm³/mol. The third kappa shape index (κ3) is 5.75. The molecule has 0 aliphatic carbocycles. The molecule has 0 saturated carbocycles. The summed E-state index contributed by atoms with van der Waals surface area (Å²) in [6, 6.07) is 11.8. The smallest absolute Gasteiger partial charge is 0.221 e. The Morgan fingerprint density at radius 3 is 2.46 bits per heavy atom. The Morgan fingerprint density at radius 1 is 1.19 bits per heavy atom. The first-order chi connectivity index (χ1) is 12.4. The van der Waals surface area contributed by atoms with Crippen molar-refractivity contribution < 1.29 is 9.53 Å². The predicted octanol–water partition coefficient (Wildman–Crippen LogP) is 4.10. The molecule has 0 saturated heterocycles. The van der Waals surface area contributed by atoms with Crippen LogP contribution in [0.3, 0.4) is 0 Å². The van der Waals surface area contributed by atoms with Crippen LogP contribution in [0, 0.1) is 13.8 Å². The Hall–Kier alpha value is -2.04. The van der Waals surface area contributed by atoms with Gasteiger partial charge in [0, 0.05) is 31.1 Å². The molecule has 5 heteroatoms. The average molecular weight is 375 g/mol. The second kappa shape index (κ2) is 9.60. The highest BCUT2D eigenvalue weighted by Gasteiger charge is 2.09. The minimum atomic E-state index is 0.0267. The van der Waals surface area contributed by atoms with E-state index in [1.165, 1.54) is 5.56 Å². The lowest BCUT2D eigenvalue weighted by molar-refractivity contribution is -0.121. The van der Waals surface area contributed by atoms with Gasteiger partial charge in [0.25, 0.3) is 0 Å². The van der Waals surface area contributed by atoms with Crippen molar-refractivity contribution in [3.05, 3.63) is 63.7 Å². The first-order valence-electron chi connectivity index (χ1n) is 8.73. The van der Waals surface area contributed by atoms with Gasteiger partial charge in [0.05, 0.1) is 7.11 Å². The highest BCUT2D eigenvalue weighted by atomic mass is 35.5. The monoisotopic (exact) mass is 374 g/mol. The lowest BCUT2D eigenvalue weighted by atomic mass is 10.1. The molecule has 0 heterocycles. The number of methoxy groups -OCH3 is 1. The fourth-order valence-electron chi connectivity index (χ4n) is 3.06. The number of carbonyl (C=O) groups is 1. The molecular weight excluding hydrogens is 348 g/mol. The van der Waals surface area contributed by atoms with Crippen LogP contribution < -0.4 is 10.1 Å². The van der Waals surface area contributed by atoms with Crippen LogP contribution >= 0.6 is 11.6 Å². The van der Waals surface area contributed by atoms with Gasteiger partial charge in [-0.05, 0) is 49.2 Å². The maximum Gasteiger partial charge on any atom is 0.221 e. The number of benzene rings is 2. The number of amides is 1. The molecule has 0 fully saturated rings. The SMILES string of the molecule is COc1c(C)cc(CN(C)CCC(=O)NCc2ccccc2Cl)cc1C. The van der Waals surface area contributed by atoms with Crippen molar-refractivity contribution in [3.8, 4) is 5.75 Å². The quantitative estimate of drug-likeness (QED) is 0.756. The number of nitrogens with one attached hydrogen (secondary N) is 1. The third-order valence-electron chi connectivity index (χ3n) is 4.33. The van der Waals surface area contributed by atoms with E-state index in [1.807, 2.05) is 31.3 Å². The van der Waals surface area contributed by atoms with Gasteiger partial charge >= 0.3 is 0 Å². The molecule has 0 bridgehead atoms. The minimum Gasteiger partial charge on any atom is -0.496 e. The molecule has 0 unspecified atom stereocenters. The Kier molecular flexibility index (Phi) is 7.49. The van der Waals surface area contributed by atoms with Crippen molar-refractivity contribution in [2.24, 2.45) is 0 Å². The number of carbonyl (C=O) groups excluding carboxylic acids is 1. The van der Waals surface area contributed by atoms with Crippen LogP contribution in [0.15, 0.2) is 36.4 Å². The van der Waals surface area contributed by atoms with Crippen LogP contribution in [0.5, 0.6) is 5.75 Å². The summed E-state index contributed by atoms with van der Waals surface area (Å²) in [6.45, 7) is 6.05. The van der Waals surface area contributed by atoms with Crippen LogP contribution in [-0.4, -0.2) is 31.5 Å². The van der Waals surface area contributed by atoms with Gasteiger partial charge in [0.1, 0.15) is 5.75 Å². The summed E-state index contributed by atoms with van der Waals surface area (Å²) in [5, 5.41) is 3.60. The molecule has 4 nitrogen and oxygen atoms in total. The molecule has 2 rings (SSSR count). The molecule has 2 aromatic carbocycles. The first kappa shape index (κ1) is 20.3. The van der Waals surface area contributed by atoms with Crippen LogP contribution in [0.4, 0.5) is 0 Å². The van der Waals surface area contributed by atoms with E-state index < -0.39 is 0 Å². The lowest BCUT2D eigenvalue weighted by Crippen LogP contribution is -2.28. The Bertz CT molecular complexity index is 738. The van der Waals surface area contributed by atoms with E-state index in [1.54, 1.807) is 7.11 Å². The zero-order valence-electron chi connectivity index (χ0n) is 15.9. The van der Waals surface area contributed by atoms with Crippen molar-refractivity contribution in [1.82, 2.24) is 10.2 Å². The summed E-state index contributed by atoms with van der Waals surface area (Å²) < 4.78 is 5.41. The van der Waals surface area contributed by atoms with Crippen LogP contribution in [-0.2, 0) is 17.9 Å². The zero-order valence-corrected chi connectivity index (χ0v) is 16.7. The maximum absolute atomic E-state index is 12.1. The van der Waals surface area contributed by atoms with E-state index in [0.717, 1.165) is 29.0 Å². The topological polar surface area (TPSA) is 41.6 Å². The largest absolute Gasteiger partial charge is 0.496 e. The average Bonchev–Trinajstić information content (AvgIpc) is 2.59. The summed E-state index contributed by atoms with van der Waals surface area (Å²) in [4.78, 5) is 14.2. The van der Waals surface area contributed by atoms with Gasteiger partial charge < -0.3 is 15.0 Å². The lowest BCUT2D eigenvalue weighted by Gasteiger charge is -2.18. The van der Waals surface area contributed by atoms with E-state index in [9.17, 15) is 4.79 Å².